The van der Waals surface area contributed by atoms with Crippen molar-refractivity contribution >= 4 is 17.8 Å². The van der Waals surface area contributed by atoms with Crippen LogP contribution >= 0.6 is 0 Å². The molecule has 0 saturated carbocycles. The zero-order chi connectivity index (χ0) is 20.3. The van der Waals surface area contributed by atoms with E-state index >= 15 is 0 Å². The van der Waals surface area contributed by atoms with Gasteiger partial charge in [0, 0.05) is 5.69 Å². The number of methoxy groups -OCH3 is 1. The third-order valence-electron chi connectivity index (χ3n) is 4.22. The molecule has 0 aliphatic rings. The fraction of sp³-hybridized carbons (Fsp3) is 0.263. The van der Waals surface area contributed by atoms with Gasteiger partial charge in [-0.2, -0.15) is 4.98 Å². The van der Waals surface area contributed by atoms with Gasteiger partial charge < -0.3 is 14.5 Å². The maximum absolute atomic E-state index is 12.7. The van der Waals surface area contributed by atoms with E-state index in [-0.39, 0.29) is 18.2 Å². The maximum Gasteiger partial charge on any atom is 0.355 e. The number of hydrogen-bond acceptors (Lipinski definition) is 6. The van der Waals surface area contributed by atoms with Crippen molar-refractivity contribution in [3.8, 4) is 17.1 Å². The average molecular weight is 383 g/mol. The molecule has 0 aliphatic carbocycles. The van der Waals surface area contributed by atoms with Crippen molar-refractivity contribution < 1.29 is 19.1 Å². The van der Waals surface area contributed by atoms with Gasteiger partial charge in [0.1, 0.15) is 11.4 Å². The number of amides is 1. The number of carbonyl (C=O) groups is 2. The van der Waals surface area contributed by atoms with Crippen LogP contribution in [0.5, 0.6) is 5.75 Å². The minimum absolute atomic E-state index is 0.114. The summed E-state index contributed by atoms with van der Waals surface area (Å²) in [4.78, 5) is 31.9. The number of rotatable bonds is 6. The maximum atomic E-state index is 12.7. The van der Waals surface area contributed by atoms with Crippen molar-refractivity contribution in [2.75, 3.05) is 19.0 Å². The fourth-order valence-corrected chi connectivity index (χ4v) is 2.94. The van der Waals surface area contributed by atoms with Gasteiger partial charge in [-0.25, -0.2) is 4.79 Å². The van der Waals surface area contributed by atoms with Crippen LogP contribution in [0.3, 0.4) is 0 Å². The fourth-order valence-electron chi connectivity index (χ4n) is 2.94. The number of aryl methyl sites for hydroxylation is 1. The number of nitrogens with one attached hydrogen (secondary N) is 3. The summed E-state index contributed by atoms with van der Waals surface area (Å²) in [6, 6.07) is 7.33. The molecule has 1 amide bonds. The van der Waals surface area contributed by atoms with E-state index in [0.717, 1.165) is 5.56 Å². The Morgan fingerprint density at radius 1 is 1.21 bits per heavy atom. The monoisotopic (exact) mass is 383 g/mol. The smallest absolute Gasteiger partial charge is 0.355 e. The molecule has 9 heteroatoms. The van der Waals surface area contributed by atoms with Crippen molar-refractivity contribution in [1.29, 1.82) is 0 Å². The Hall–Kier alpha value is -3.62. The van der Waals surface area contributed by atoms with Gasteiger partial charge in [0.25, 0.3) is 5.91 Å². The van der Waals surface area contributed by atoms with Crippen molar-refractivity contribution in [1.82, 2.24) is 20.2 Å². The lowest BCUT2D eigenvalue weighted by atomic mass is 10.1. The molecule has 0 bridgehead atoms. The van der Waals surface area contributed by atoms with Crippen molar-refractivity contribution in [3.63, 3.8) is 0 Å². The van der Waals surface area contributed by atoms with Crippen LogP contribution in [0.1, 0.15) is 39.0 Å². The molecule has 0 radical (unpaired) electrons. The molecule has 28 heavy (non-hydrogen) atoms. The highest BCUT2D eigenvalue weighted by Gasteiger charge is 2.23. The minimum atomic E-state index is -0.501. The molecule has 9 nitrogen and oxygen atoms in total. The number of benzene rings is 1. The molecular formula is C19H21N5O4. The second kappa shape index (κ2) is 7.95. The lowest BCUT2D eigenvalue weighted by Crippen LogP contribution is -2.15. The van der Waals surface area contributed by atoms with Gasteiger partial charge in [0.2, 0.25) is 5.95 Å². The summed E-state index contributed by atoms with van der Waals surface area (Å²) < 4.78 is 10.3. The number of anilines is 1. The Bertz CT molecular complexity index is 1020. The standard InChI is InChI=1S/C19H21N5O4/c1-5-28-18(26)15-10(2)14(11(3)20-15)17(25)22-19-21-16(23-24-19)12-8-6-7-9-13(12)27-4/h6-9,20H,5H2,1-4H3,(H2,21,22,23,24,25). The molecule has 146 valence electrons. The first-order chi connectivity index (χ1) is 13.5. The summed E-state index contributed by atoms with van der Waals surface area (Å²) in [5.41, 5.74) is 2.39. The lowest BCUT2D eigenvalue weighted by molar-refractivity contribution is 0.0519. The van der Waals surface area contributed by atoms with Crippen LogP contribution < -0.4 is 10.1 Å². The van der Waals surface area contributed by atoms with Gasteiger partial charge >= 0.3 is 5.97 Å². The Labute approximate surface area is 161 Å². The highest BCUT2D eigenvalue weighted by Crippen LogP contribution is 2.27. The van der Waals surface area contributed by atoms with E-state index < -0.39 is 11.9 Å². The third-order valence-corrected chi connectivity index (χ3v) is 4.22. The first-order valence-electron chi connectivity index (χ1n) is 8.69. The predicted molar refractivity (Wildman–Crippen MR) is 103 cm³/mol. The number of hydrogen-bond donors (Lipinski definition) is 3. The Balaban J connectivity index is 1.83. The van der Waals surface area contributed by atoms with E-state index in [2.05, 4.69) is 25.5 Å². The van der Waals surface area contributed by atoms with Crippen LogP contribution in [0.4, 0.5) is 5.95 Å². The summed E-state index contributed by atoms with van der Waals surface area (Å²) in [5.74, 6) is 0.282. The first kappa shape index (κ1) is 19.2. The third kappa shape index (κ3) is 3.59. The summed E-state index contributed by atoms with van der Waals surface area (Å²) in [6.07, 6.45) is 0. The SMILES string of the molecule is CCOC(=O)c1[nH]c(C)c(C(=O)Nc2n[nH]c(-c3ccccc3OC)n2)c1C. The lowest BCUT2D eigenvalue weighted by Gasteiger charge is -2.04. The molecule has 0 aliphatic heterocycles. The number of aromatic amines is 2. The predicted octanol–water partition coefficient (Wildman–Crippen LogP) is 2.85. The van der Waals surface area contributed by atoms with Crippen LogP contribution in [-0.2, 0) is 4.74 Å². The van der Waals surface area contributed by atoms with Gasteiger partial charge in [0.05, 0.1) is 24.8 Å². The summed E-state index contributed by atoms with van der Waals surface area (Å²) in [6.45, 7) is 5.37. The largest absolute Gasteiger partial charge is 0.496 e. The molecule has 0 atom stereocenters. The zero-order valence-electron chi connectivity index (χ0n) is 16.0. The molecular weight excluding hydrogens is 362 g/mol. The number of ether oxygens (including phenoxy) is 2. The Morgan fingerprint density at radius 3 is 2.68 bits per heavy atom. The molecule has 0 fully saturated rings. The number of carbonyl (C=O) groups excluding carboxylic acids is 2. The van der Waals surface area contributed by atoms with Crippen LogP contribution in [0.15, 0.2) is 24.3 Å². The van der Waals surface area contributed by atoms with Gasteiger partial charge in [-0.1, -0.05) is 12.1 Å². The van der Waals surface area contributed by atoms with E-state index in [9.17, 15) is 9.59 Å². The quantitative estimate of drug-likeness (QED) is 0.563. The van der Waals surface area contributed by atoms with E-state index in [1.165, 1.54) is 0 Å². The Morgan fingerprint density at radius 2 is 1.96 bits per heavy atom. The van der Waals surface area contributed by atoms with Crippen LogP contribution in [-0.4, -0.2) is 45.8 Å². The van der Waals surface area contributed by atoms with Gasteiger partial charge in [0.15, 0.2) is 5.82 Å². The summed E-state index contributed by atoms with van der Waals surface area (Å²) in [7, 11) is 1.57. The van der Waals surface area contributed by atoms with E-state index in [1.54, 1.807) is 33.9 Å². The van der Waals surface area contributed by atoms with Crippen molar-refractivity contribution in [2.45, 2.75) is 20.8 Å². The van der Waals surface area contributed by atoms with Gasteiger partial charge in [-0.3, -0.25) is 15.2 Å². The van der Waals surface area contributed by atoms with E-state index in [4.69, 9.17) is 9.47 Å². The van der Waals surface area contributed by atoms with E-state index in [1.807, 2.05) is 18.2 Å². The molecule has 3 rings (SSSR count). The number of H-pyrrole nitrogens is 2. The molecule has 2 heterocycles. The van der Waals surface area contributed by atoms with Crippen molar-refractivity contribution in [3.05, 3.63) is 46.8 Å². The molecule has 2 aromatic heterocycles. The number of nitrogens with zero attached hydrogens (tertiary/aromatic N) is 2. The van der Waals surface area contributed by atoms with Crippen LogP contribution in [0.2, 0.25) is 0 Å². The summed E-state index contributed by atoms with van der Waals surface area (Å²) in [5, 5.41) is 9.47. The minimum Gasteiger partial charge on any atom is -0.496 e. The first-order valence-corrected chi connectivity index (χ1v) is 8.69. The van der Waals surface area contributed by atoms with Crippen molar-refractivity contribution in [2.24, 2.45) is 0 Å². The molecule has 0 unspecified atom stereocenters. The highest BCUT2D eigenvalue weighted by molar-refractivity contribution is 6.07. The second-order valence-corrected chi connectivity index (χ2v) is 6.01. The second-order valence-electron chi connectivity index (χ2n) is 6.01. The molecule has 0 spiro atoms. The highest BCUT2D eigenvalue weighted by atomic mass is 16.5. The molecule has 3 aromatic rings. The van der Waals surface area contributed by atoms with E-state index in [0.29, 0.717) is 28.4 Å². The van der Waals surface area contributed by atoms with Crippen LogP contribution in [0.25, 0.3) is 11.4 Å². The molecule has 1 aromatic carbocycles. The number of para-hydroxylation sites is 1. The zero-order valence-corrected chi connectivity index (χ0v) is 16.0. The average Bonchev–Trinajstić information content (AvgIpc) is 3.25. The number of aromatic nitrogens is 4. The summed E-state index contributed by atoms with van der Waals surface area (Å²) >= 11 is 0. The van der Waals surface area contributed by atoms with Gasteiger partial charge in [-0.15, -0.1) is 5.10 Å². The van der Waals surface area contributed by atoms with Gasteiger partial charge in [-0.05, 0) is 38.5 Å². The number of esters is 1. The van der Waals surface area contributed by atoms with Crippen LogP contribution in [0, 0.1) is 13.8 Å². The topological polar surface area (TPSA) is 122 Å². The Kier molecular flexibility index (Phi) is 5.44. The normalized spacial score (nSPS) is 10.6. The molecule has 3 N–H and O–H groups in total. The molecule has 0 saturated heterocycles.